The maximum Gasteiger partial charge on any atom is 0.293 e. The van der Waals surface area contributed by atoms with Gasteiger partial charge in [0.1, 0.15) is 5.69 Å². The van der Waals surface area contributed by atoms with Crippen LogP contribution in [-0.2, 0) is 10.0 Å². The molecule has 1 aliphatic heterocycles. The summed E-state index contributed by atoms with van der Waals surface area (Å²) in [6.45, 7) is 4.60. The Morgan fingerprint density at radius 1 is 1.30 bits per heavy atom. The molecule has 1 aliphatic carbocycles. The Bertz CT molecular complexity index is 816. The highest BCUT2D eigenvalue weighted by atomic mass is 32.2. The van der Waals surface area contributed by atoms with Crippen molar-refractivity contribution in [1.82, 2.24) is 4.72 Å². The van der Waals surface area contributed by atoms with Gasteiger partial charge in [-0.05, 0) is 57.1 Å². The van der Waals surface area contributed by atoms with Crippen LogP contribution in [0, 0.1) is 16.0 Å². The number of rotatable bonds is 5. The lowest BCUT2D eigenvalue weighted by Crippen LogP contribution is -2.37. The average molecular weight is 397 g/mol. The summed E-state index contributed by atoms with van der Waals surface area (Å²) in [5.41, 5.74) is -0.825. The van der Waals surface area contributed by atoms with Gasteiger partial charge < -0.3 is 10.0 Å². The van der Waals surface area contributed by atoms with Gasteiger partial charge in [-0.15, -0.1) is 0 Å². The lowest BCUT2D eigenvalue weighted by molar-refractivity contribution is -0.384. The third-order valence-corrected chi connectivity index (χ3v) is 7.10. The molecule has 2 N–H and O–H groups in total. The Hall–Kier alpha value is -1.71. The Kier molecular flexibility index (Phi) is 5.47. The van der Waals surface area contributed by atoms with Gasteiger partial charge in [-0.1, -0.05) is 6.92 Å². The highest BCUT2D eigenvalue weighted by Gasteiger charge is 2.35. The Labute approximate surface area is 159 Å². The fourth-order valence-electron chi connectivity index (χ4n) is 3.90. The molecule has 1 heterocycles. The van der Waals surface area contributed by atoms with Crippen molar-refractivity contribution < 1.29 is 18.4 Å². The fourth-order valence-corrected chi connectivity index (χ4v) is 5.22. The lowest BCUT2D eigenvalue weighted by Gasteiger charge is -2.26. The fraction of sp³-hybridized carbons (Fsp3) is 0.667. The maximum absolute atomic E-state index is 12.7. The highest BCUT2D eigenvalue weighted by Crippen LogP contribution is 2.35. The number of β-amino-alcohol motifs (C(OH)–C–C–N with tert-alkyl or cyclic N) is 1. The molecule has 0 amide bonds. The smallest absolute Gasteiger partial charge is 0.293 e. The number of nitro groups is 1. The average Bonchev–Trinajstić information content (AvgIpc) is 2.96. The van der Waals surface area contributed by atoms with E-state index in [9.17, 15) is 23.6 Å². The predicted molar refractivity (Wildman–Crippen MR) is 102 cm³/mol. The quantitative estimate of drug-likeness (QED) is 0.583. The van der Waals surface area contributed by atoms with Crippen LogP contribution >= 0.6 is 0 Å². The summed E-state index contributed by atoms with van der Waals surface area (Å²) in [4.78, 5) is 12.6. The number of hydrogen-bond donors (Lipinski definition) is 2. The minimum Gasteiger partial charge on any atom is -0.388 e. The van der Waals surface area contributed by atoms with Crippen molar-refractivity contribution in [2.24, 2.45) is 5.92 Å². The summed E-state index contributed by atoms with van der Waals surface area (Å²) in [6.07, 6.45) is 4.01. The molecule has 1 saturated heterocycles. The minimum atomic E-state index is -3.82. The van der Waals surface area contributed by atoms with Gasteiger partial charge in [0.2, 0.25) is 10.0 Å². The molecule has 27 heavy (non-hydrogen) atoms. The molecular weight excluding hydrogens is 370 g/mol. The monoisotopic (exact) mass is 397 g/mol. The number of benzene rings is 1. The van der Waals surface area contributed by atoms with Gasteiger partial charge >= 0.3 is 0 Å². The summed E-state index contributed by atoms with van der Waals surface area (Å²) in [5.74, 6) is 0.601. The van der Waals surface area contributed by atoms with Crippen molar-refractivity contribution in [3.05, 3.63) is 28.3 Å². The molecule has 2 fully saturated rings. The van der Waals surface area contributed by atoms with Crippen LogP contribution in [0.25, 0.3) is 0 Å². The van der Waals surface area contributed by atoms with Crippen molar-refractivity contribution in [3.63, 3.8) is 0 Å². The van der Waals surface area contributed by atoms with Crippen molar-refractivity contribution in [2.45, 2.75) is 62.5 Å². The Morgan fingerprint density at radius 2 is 1.96 bits per heavy atom. The van der Waals surface area contributed by atoms with E-state index in [2.05, 4.69) is 11.6 Å². The zero-order valence-electron chi connectivity index (χ0n) is 15.7. The zero-order chi connectivity index (χ0) is 19.8. The van der Waals surface area contributed by atoms with Crippen LogP contribution in [-0.4, -0.2) is 43.2 Å². The number of nitro benzene ring substituents is 1. The van der Waals surface area contributed by atoms with E-state index in [0.717, 1.165) is 31.7 Å². The van der Waals surface area contributed by atoms with Crippen LogP contribution in [0.5, 0.6) is 0 Å². The van der Waals surface area contributed by atoms with Crippen LogP contribution in [0.4, 0.5) is 11.4 Å². The van der Waals surface area contributed by atoms with E-state index in [-0.39, 0.29) is 23.2 Å². The van der Waals surface area contributed by atoms with Crippen LogP contribution in [0.3, 0.4) is 0 Å². The number of anilines is 1. The summed E-state index contributed by atoms with van der Waals surface area (Å²) in [7, 11) is -3.82. The lowest BCUT2D eigenvalue weighted by atomic mass is 9.88. The standard InChI is InChI=1S/C18H27N3O5S/c1-13-3-5-14(6-4-13)19-27(25,26)15-7-8-16(17(11-15)21(23)24)20-10-9-18(2,22)12-20/h7-8,11,13-14,19,22H,3-6,9-10,12H2,1-2H3. The van der Waals surface area contributed by atoms with E-state index in [4.69, 9.17) is 0 Å². The van der Waals surface area contributed by atoms with E-state index in [0.29, 0.717) is 24.6 Å². The topological polar surface area (TPSA) is 113 Å². The van der Waals surface area contributed by atoms with E-state index in [1.54, 1.807) is 11.8 Å². The Balaban J connectivity index is 1.84. The molecule has 3 rings (SSSR count). The minimum absolute atomic E-state index is 0.0949. The third kappa shape index (κ3) is 4.59. The second-order valence-corrected chi connectivity index (χ2v) is 9.87. The second kappa shape index (κ2) is 7.37. The molecule has 1 aromatic rings. The van der Waals surface area contributed by atoms with Crippen molar-refractivity contribution in [2.75, 3.05) is 18.0 Å². The first-order chi connectivity index (χ1) is 12.6. The largest absolute Gasteiger partial charge is 0.388 e. The molecular formula is C18H27N3O5S. The second-order valence-electron chi connectivity index (χ2n) is 8.15. The third-order valence-electron chi connectivity index (χ3n) is 5.58. The van der Waals surface area contributed by atoms with E-state index in [1.807, 2.05) is 0 Å². The number of nitrogens with zero attached hydrogens (tertiary/aromatic N) is 2. The molecule has 0 spiro atoms. The zero-order valence-corrected chi connectivity index (χ0v) is 16.5. The van der Waals surface area contributed by atoms with Gasteiger partial charge in [-0.3, -0.25) is 10.1 Å². The van der Waals surface area contributed by atoms with Gasteiger partial charge in [-0.25, -0.2) is 13.1 Å². The van der Waals surface area contributed by atoms with Crippen molar-refractivity contribution >= 4 is 21.4 Å². The van der Waals surface area contributed by atoms with Gasteiger partial charge in [0, 0.05) is 25.2 Å². The molecule has 2 aliphatic rings. The molecule has 8 nitrogen and oxygen atoms in total. The van der Waals surface area contributed by atoms with E-state index >= 15 is 0 Å². The number of nitrogens with one attached hydrogen (secondary N) is 1. The van der Waals surface area contributed by atoms with Gasteiger partial charge in [0.15, 0.2) is 0 Å². The van der Waals surface area contributed by atoms with Gasteiger partial charge in [-0.2, -0.15) is 0 Å². The van der Waals surface area contributed by atoms with Crippen LogP contribution in [0.15, 0.2) is 23.1 Å². The van der Waals surface area contributed by atoms with Crippen LogP contribution in [0.2, 0.25) is 0 Å². The Morgan fingerprint density at radius 3 is 2.52 bits per heavy atom. The first-order valence-corrected chi connectivity index (χ1v) is 10.8. The molecule has 1 unspecified atom stereocenters. The van der Waals surface area contributed by atoms with Gasteiger partial charge in [0.25, 0.3) is 5.69 Å². The molecule has 0 bridgehead atoms. The molecule has 1 atom stereocenters. The van der Waals surface area contributed by atoms with Gasteiger partial charge in [0.05, 0.1) is 15.4 Å². The molecule has 150 valence electrons. The normalized spacial score (nSPS) is 29.1. The highest BCUT2D eigenvalue weighted by molar-refractivity contribution is 7.89. The van der Waals surface area contributed by atoms with Crippen molar-refractivity contribution in [1.29, 1.82) is 0 Å². The molecule has 0 radical (unpaired) electrons. The first kappa shape index (κ1) is 20.0. The molecule has 1 aromatic carbocycles. The summed E-state index contributed by atoms with van der Waals surface area (Å²) in [5, 5.41) is 21.7. The molecule has 1 saturated carbocycles. The molecule has 9 heteroatoms. The van der Waals surface area contributed by atoms with Crippen LogP contribution < -0.4 is 9.62 Å². The molecule has 0 aromatic heterocycles. The van der Waals surface area contributed by atoms with Crippen molar-refractivity contribution in [3.8, 4) is 0 Å². The summed E-state index contributed by atoms with van der Waals surface area (Å²) < 4.78 is 28.1. The predicted octanol–water partition coefficient (Wildman–Crippen LogP) is 2.41. The van der Waals surface area contributed by atoms with E-state index in [1.165, 1.54) is 12.1 Å². The summed E-state index contributed by atoms with van der Waals surface area (Å²) in [6, 6.07) is 3.87. The number of hydrogen-bond acceptors (Lipinski definition) is 6. The SMILES string of the molecule is CC1CCC(NS(=O)(=O)c2ccc(N3CCC(C)(O)C3)c([N+](=O)[O-])c2)CC1. The number of aliphatic hydroxyl groups is 1. The summed E-state index contributed by atoms with van der Waals surface area (Å²) >= 11 is 0. The maximum atomic E-state index is 12.7. The first-order valence-electron chi connectivity index (χ1n) is 9.35. The van der Waals surface area contributed by atoms with Crippen LogP contribution in [0.1, 0.15) is 46.0 Å². The van der Waals surface area contributed by atoms with E-state index < -0.39 is 20.5 Å². The number of sulfonamides is 1.